The van der Waals surface area contributed by atoms with Crippen LogP contribution >= 0.6 is 0 Å². The highest BCUT2D eigenvalue weighted by atomic mass is 16.2. The zero-order chi connectivity index (χ0) is 16.5. The third kappa shape index (κ3) is 2.64. The summed E-state index contributed by atoms with van der Waals surface area (Å²) < 4.78 is 2.16. The summed E-state index contributed by atoms with van der Waals surface area (Å²) >= 11 is 0. The van der Waals surface area contributed by atoms with E-state index >= 15 is 0 Å². The number of carbonyl (C=O) groups is 1. The summed E-state index contributed by atoms with van der Waals surface area (Å²) in [6.07, 6.45) is 7.42. The van der Waals surface area contributed by atoms with Crippen molar-refractivity contribution in [2.24, 2.45) is 0 Å². The van der Waals surface area contributed by atoms with E-state index in [-0.39, 0.29) is 11.9 Å². The Balaban J connectivity index is 1.57. The minimum Gasteiger partial charge on any atom is -0.335 e. The number of fused-ring (bicyclic) bond motifs is 1. The van der Waals surface area contributed by atoms with Crippen LogP contribution in [0.2, 0.25) is 0 Å². The maximum Gasteiger partial charge on any atom is 0.274 e. The largest absolute Gasteiger partial charge is 0.335 e. The van der Waals surface area contributed by atoms with E-state index in [2.05, 4.69) is 19.5 Å². The molecule has 1 aliphatic heterocycles. The van der Waals surface area contributed by atoms with Crippen molar-refractivity contribution < 1.29 is 4.79 Å². The van der Waals surface area contributed by atoms with E-state index in [0.717, 1.165) is 36.2 Å². The number of hydrogen-bond acceptors (Lipinski definition) is 4. The van der Waals surface area contributed by atoms with Crippen LogP contribution in [0.3, 0.4) is 0 Å². The van der Waals surface area contributed by atoms with Crippen molar-refractivity contribution in [1.82, 2.24) is 24.4 Å². The Bertz CT molecular complexity index is 888. The molecule has 122 valence electrons. The number of hydrogen-bond donors (Lipinski definition) is 0. The number of para-hydroxylation sites is 2. The lowest BCUT2D eigenvalue weighted by Crippen LogP contribution is -2.41. The zero-order valence-corrected chi connectivity index (χ0v) is 13.6. The smallest absolute Gasteiger partial charge is 0.274 e. The number of rotatable bonds is 2. The molecule has 0 bridgehead atoms. The first kappa shape index (κ1) is 14.8. The van der Waals surface area contributed by atoms with Gasteiger partial charge in [-0.05, 0) is 31.9 Å². The number of benzene rings is 1. The number of imidazole rings is 1. The zero-order valence-electron chi connectivity index (χ0n) is 13.6. The van der Waals surface area contributed by atoms with Crippen LogP contribution in [0.25, 0.3) is 11.0 Å². The lowest BCUT2D eigenvalue weighted by atomic mass is 10.0. The lowest BCUT2D eigenvalue weighted by molar-refractivity contribution is 0.0672. The molecule has 1 saturated heterocycles. The van der Waals surface area contributed by atoms with Gasteiger partial charge in [0.25, 0.3) is 5.91 Å². The van der Waals surface area contributed by atoms with Crippen molar-refractivity contribution in [1.29, 1.82) is 0 Å². The Kier molecular flexibility index (Phi) is 3.72. The van der Waals surface area contributed by atoms with Gasteiger partial charge in [-0.1, -0.05) is 12.1 Å². The van der Waals surface area contributed by atoms with Gasteiger partial charge in [-0.2, -0.15) is 0 Å². The van der Waals surface area contributed by atoms with Crippen LogP contribution in [0.15, 0.2) is 42.9 Å². The molecule has 4 rings (SSSR count). The van der Waals surface area contributed by atoms with Gasteiger partial charge in [0, 0.05) is 25.5 Å². The van der Waals surface area contributed by atoms with Crippen LogP contribution in [0.5, 0.6) is 0 Å². The van der Waals surface area contributed by atoms with Gasteiger partial charge in [0.2, 0.25) is 0 Å². The Morgan fingerprint density at radius 2 is 2.04 bits per heavy atom. The van der Waals surface area contributed by atoms with Gasteiger partial charge in [-0.25, -0.2) is 9.97 Å². The van der Waals surface area contributed by atoms with Gasteiger partial charge in [0.15, 0.2) is 0 Å². The van der Waals surface area contributed by atoms with Crippen LogP contribution in [-0.4, -0.2) is 43.4 Å². The van der Waals surface area contributed by atoms with Crippen molar-refractivity contribution in [3.63, 3.8) is 0 Å². The molecule has 24 heavy (non-hydrogen) atoms. The molecule has 0 spiro atoms. The second-order valence-corrected chi connectivity index (χ2v) is 6.17. The summed E-state index contributed by atoms with van der Waals surface area (Å²) in [7, 11) is 0. The van der Waals surface area contributed by atoms with Gasteiger partial charge in [0.1, 0.15) is 11.5 Å². The molecule has 0 aliphatic carbocycles. The fourth-order valence-corrected chi connectivity index (χ4v) is 3.36. The van der Waals surface area contributed by atoms with Gasteiger partial charge < -0.3 is 9.47 Å². The highest BCUT2D eigenvalue weighted by Crippen LogP contribution is 2.23. The minimum absolute atomic E-state index is 0.0456. The molecule has 6 nitrogen and oxygen atoms in total. The van der Waals surface area contributed by atoms with E-state index in [1.165, 1.54) is 0 Å². The maximum absolute atomic E-state index is 12.8. The molecule has 3 heterocycles. The number of nitrogens with zero attached hydrogens (tertiary/aromatic N) is 5. The Morgan fingerprint density at radius 3 is 2.83 bits per heavy atom. The molecular formula is C18H19N5O. The molecule has 0 saturated carbocycles. The molecule has 1 amide bonds. The molecule has 2 aromatic heterocycles. The van der Waals surface area contributed by atoms with Crippen LogP contribution in [0.4, 0.5) is 0 Å². The third-order valence-corrected chi connectivity index (χ3v) is 4.61. The highest BCUT2D eigenvalue weighted by molar-refractivity contribution is 5.93. The number of amides is 1. The van der Waals surface area contributed by atoms with Gasteiger partial charge >= 0.3 is 0 Å². The Hall–Kier alpha value is -2.76. The van der Waals surface area contributed by atoms with Crippen molar-refractivity contribution >= 4 is 16.9 Å². The quantitative estimate of drug-likeness (QED) is 0.728. The average molecular weight is 321 g/mol. The molecular weight excluding hydrogens is 302 g/mol. The SMILES string of the molecule is Cc1nccn1[C@@H]1CCCN(C(=O)c2cnc3ccccc3n2)C1. The third-order valence-electron chi connectivity index (χ3n) is 4.61. The fraction of sp³-hybridized carbons (Fsp3) is 0.333. The maximum atomic E-state index is 12.8. The number of piperidine rings is 1. The fourth-order valence-electron chi connectivity index (χ4n) is 3.36. The summed E-state index contributed by atoms with van der Waals surface area (Å²) in [5.41, 5.74) is 1.97. The van der Waals surface area contributed by atoms with Crippen LogP contribution in [0.1, 0.15) is 35.2 Å². The standard InChI is InChI=1S/C18H19N5O/c1-13-19-8-10-23(13)14-5-4-9-22(12-14)18(24)17-11-20-15-6-2-3-7-16(15)21-17/h2-3,6-8,10-11,14H,4-5,9,12H2,1H3/t14-/m1/s1. The van der Waals surface area contributed by atoms with E-state index in [1.54, 1.807) is 6.20 Å². The summed E-state index contributed by atoms with van der Waals surface area (Å²) in [6, 6.07) is 7.88. The molecule has 6 heteroatoms. The second-order valence-electron chi connectivity index (χ2n) is 6.17. The first-order chi connectivity index (χ1) is 11.7. The molecule has 0 unspecified atom stereocenters. The van der Waals surface area contributed by atoms with Gasteiger partial charge in [0.05, 0.1) is 23.3 Å². The molecule has 0 radical (unpaired) electrons. The molecule has 0 N–H and O–H groups in total. The predicted octanol–water partition coefficient (Wildman–Crippen LogP) is 2.61. The molecule has 3 aromatic rings. The van der Waals surface area contributed by atoms with Crippen molar-refractivity contribution in [3.8, 4) is 0 Å². The summed E-state index contributed by atoms with van der Waals surface area (Å²) in [5.74, 6) is 0.940. The van der Waals surface area contributed by atoms with Crippen molar-refractivity contribution in [2.45, 2.75) is 25.8 Å². The highest BCUT2D eigenvalue weighted by Gasteiger charge is 2.27. The lowest BCUT2D eigenvalue weighted by Gasteiger charge is -2.33. The van der Waals surface area contributed by atoms with E-state index < -0.39 is 0 Å². The van der Waals surface area contributed by atoms with Crippen LogP contribution in [0, 0.1) is 6.92 Å². The molecule has 1 atom stereocenters. The normalized spacial score (nSPS) is 18.0. The number of likely N-dealkylation sites (tertiary alicyclic amines) is 1. The minimum atomic E-state index is -0.0456. The number of aryl methyl sites for hydroxylation is 1. The van der Waals surface area contributed by atoms with E-state index in [1.807, 2.05) is 48.5 Å². The van der Waals surface area contributed by atoms with Crippen molar-refractivity contribution in [3.05, 3.63) is 54.4 Å². The summed E-state index contributed by atoms with van der Waals surface area (Å²) in [4.78, 5) is 27.9. The van der Waals surface area contributed by atoms with E-state index in [0.29, 0.717) is 12.2 Å². The molecule has 1 aromatic carbocycles. The van der Waals surface area contributed by atoms with Gasteiger partial charge in [-0.15, -0.1) is 0 Å². The van der Waals surface area contributed by atoms with Crippen LogP contribution < -0.4 is 0 Å². The number of carbonyl (C=O) groups excluding carboxylic acids is 1. The molecule has 1 fully saturated rings. The van der Waals surface area contributed by atoms with Crippen molar-refractivity contribution in [2.75, 3.05) is 13.1 Å². The number of aromatic nitrogens is 4. The summed E-state index contributed by atoms with van der Waals surface area (Å²) in [5, 5.41) is 0. The average Bonchev–Trinajstić information content (AvgIpc) is 3.07. The summed E-state index contributed by atoms with van der Waals surface area (Å²) in [6.45, 7) is 3.44. The second kappa shape index (κ2) is 6.03. The Morgan fingerprint density at radius 1 is 1.21 bits per heavy atom. The van der Waals surface area contributed by atoms with Gasteiger partial charge in [-0.3, -0.25) is 9.78 Å². The molecule has 1 aliphatic rings. The monoisotopic (exact) mass is 321 g/mol. The predicted molar refractivity (Wildman–Crippen MR) is 90.7 cm³/mol. The first-order valence-corrected chi connectivity index (χ1v) is 8.23. The van der Waals surface area contributed by atoms with E-state index in [9.17, 15) is 4.79 Å². The Labute approximate surface area is 140 Å². The van der Waals surface area contributed by atoms with E-state index in [4.69, 9.17) is 0 Å². The van der Waals surface area contributed by atoms with Crippen LogP contribution in [-0.2, 0) is 0 Å². The topological polar surface area (TPSA) is 63.9 Å². The first-order valence-electron chi connectivity index (χ1n) is 8.23.